The van der Waals surface area contributed by atoms with E-state index in [4.69, 9.17) is 10.1 Å². The summed E-state index contributed by atoms with van der Waals surface area (Å²) in [5, 5.41) is 10.4. The van der Waals surface area contributed by atoms with Crippen molar-refractivity contribution in [2.45, 2.75) is 17.7 Å². The highest BCUT2D eigenvalue weighted by Gasteiger charge is 2.22. The van der Waals surface area contributed by atoms with Crippen molar-refractivity contribution in [3.05, 3.63) is 64.5 Å². The fourth-order valence-electron chi connectivity index (χ4n) is 3.37. The molecule has 9 heteroatoms. The quantitative estimate of drug-likeness (QED) is 0.489. The van der Waals surface area contributed by atoms with Gasteiger partial charge in [-0.15, -0.1) is 22.7 Å². The number of sulfonamides is 1. The first kappa shape index (κ1) is 18.4. The summed E-state index contributed by atoms with van der Waals surface area (Å²) >= 11 is 3.56. The molecule has 0 fully saturated rings. The molecule has 0 atom stereocenters. The van der Waals surface area contributed by atoms with E-state index in [2.05, 4.69) is 33.9 Å². The van der Waals surface area contributed by atoms with Crippen LogP contribution in [0.1, 0.15) is 10.4 Å². The van der Waals surface area contributed by atoms with Crippen molar-refractivity contribution in [3.8, 4) is 21.0 Å². The van der Waals surface area contributed by atoms with Crippen LogP contribution in [0.15, 0.2) is 58.9 Å². The standard InChI is InChI=1S/C20H16N4O2S3/c21-29(25,26)14-4-1-3-13(9-14)23-20-22-11-12-6-7-16-15(19(12)24-20)10-18(28-16)17-5-2-8-27-17/h1-5,8-11H,6-7H2,(H2,21,25,26)(H,22,23,24). The van der Waals surface area contributed by atoms with E-state index in [0.29, 0.717) is 11.6 Å². The van der Waals surface area contributed by atoms with Gasteiger partial charge in [0.2, 0.25) is 16.0 Å². The van der Waals surface area contributed by atoms with Crippen molar-refractivity contribution in [2.24, 2.45) is 5.14 Å². The molecule has 4 aromatic rings. The van der Waals surface area contributed by atoms with Crippen LogP contribution in [0, 0.1) is 0 Å². The van der Waals surface area contributed by atoms with Crippen molar-refractivity contribution < 1.29 is 8.42 Å². The van der Waals surface area contributed by atoms with Crippen LogP contribution in [0.3, 0.4) is 0 Å². The van der Waals surface area contributed by atoms with E-state index < -0.39 is 10.0 Å². The molecule has 6 nitrogen and oxygen atoms in total. The zero-order chi connectivity index (χ0) is 20.0. The molecule has 0 spiro atoms. The first-order valence-corrected chi connectivity index (χ1v) is 12.1. The molecule has 1 aliphatic carbocycles. The molecular formula is C20H16N4O2S3. The SMILES string of the molecule is NS(=O)(=O)c1cccc(Nc2ncc3c(n2)-c2cc(-c4cccs4)sc2CC3)c1. The molecule has 1 aliphatic rings. The van der Waals surface area contributed by atoms with Crippen LogP contribution >= 0.6 is 22.7 Å². The Labute approximate surface area is 176 Å². The molecule has 3 N–H and O–H groups in total. The second kappa shape index (κ2) is 7.03. The summed E-state index contributed by atoms with van der Waals surface area (Å²) in [6, 6.07) is 12.7. The second-order valence-corrected chi connectivity index (χ2v) is 10.3. The summed E-state index contributed by atoms with van der Waals surface area (Å²) in [5.41, 5.74) is 3.78. The Bertz CT molecular complexity index is 1310. The summed E-state index contributed by atoms with van der Waals surface area (Å²) in [7, 11) is -3.77. The highest BCUT2D eigenvalue weighted by molar-refractivity contribution is 7.89. The Hall–Kier alpha value is -2.59. The van der Waals surface area contributed by atoms with E-state index in [-0.39, 0.29) is 4.90 Å². The van der Waals surface area contributed by atoms with Gasteiger partial charge in [-0.1, -0.05) is 12.1 Å². The van der Waals surface area contributed by atoms with Gasteiger partial charge in [-0.2, -0.15) is 0 Å². The number of fused-ring (bicyclic) bond motifs is 3. The van der Waals surface area contributed by atoms with Crippen LogP contribution in [0.4, 0.5) is 11.6 Å². The Morgan fingerprint density at radius 3 is 2.76 bits per heavy atom. The Morgan fingerprint density at radius 1 is 1.07 bits per heavy atom. The maximum atomic E-state index is 11.6. The lowest BCUT2D eigenvalue weighted by Gasteiger charge is -2.16. The molecule has 1 aromatic carbocycles. The maximum absolute atomic E-state index is 11.6. The molecule has 0 saturated carbocycles. The number of nitrogens with two attached hydrogens (primary N) is 1. The normalized spacial score (nSPS) is 13.0. The molecule has 0 radical (unpaired) electrons. The number of hydrogen-bond donors (Lipinski definition) is 2. The zero-order valence-corrected chi connectivity index (χ0v) is 17.6. The number of hydrogen-bond acceptors (Lipinski definition) is 7. The summed E-state index contributed by atoms with van der Waals surface area (Å²) in [4.78, 5) is 13.1. The van der Waals surface area contributed by atoms with Crippen LogP contribution in [0.5, 0.6) is 0 Å². The van der Waals surface area contributed by atoms with Crippen molar-refractivity contribution in [1.82, 2.24) is 9.97 Å². The first-order valence-electron chi connectivity index (χ1n) is 8.90. The molecule has 5 rings (SSSR count). The fourth-order valence-corrected chi connectivity index (χ4v) is 5.91. The lowest BCUT2D eigenvalue weighted by Crippen LogP contribution is -2.12. The van der Waals surface area contributed by atoms with Gasteiger partial charge in [-0.05, 0) is 54.1 Å². The van der Waals surface area contributed by atoms with E-state index in [1.54, 1.807) is 23.5 Å². The predicted octanol–water partition coefficient (Wildman–Crippen LogP) is 4.42. The van der Waals surface area contributed by atoms with Gasteiger partial charge in [0.05, 0.1) is 10.6 Å². The van der Waals surface area contributed by atoms with Gasteiger partial charge in [0.25, 0.3) is 0 Å². The minimum atomic E-state index is -3.77. The lowest BCUT2D eigenvalue weighted by atomic mass is 9.96. The minimum absolute atomic E-state index is 0.0428. The summed E-state index contributed by atoms with van der Waals surface area (Å²) in [6.07, 6.45) is 3.75. The van der Waals surface area contributed by atoms with Crippen molar-refractivity contribution in [3.63, 3.8) is 0 Å². The van der Waals surface area contributed by atoms with Crippen LogP contribution in [0.25, 0.3) is 21.0 Å². The Morgan fingerprint density at radius 2 is 1.97 bits per heavy atom. The maximum Gasteiger partial charge on any atom is 0.238 e. The monoisotopic (exact) mass is 440 g/mol. The number of aryl methyl sites for hydroxylation is 2. The molecule has 3 heterocycles. The molecule has 0 saturated heterocycles. The van der Waals surface area contributed by atoms with Gasteiger partial charge < -0.3 is 5.32 Å². The molecule has 0 bridgehead atoms. The van der Waals surface area contributed by atoms with E-state index in [1.807, 2.05) is 17.5 Å². The third kappa shape index (κ3) is 3.58. The average molecular weight is 441 g/mol. The van der Waals surface area contributed by atoms with E-state index in [9.17, 15) is 8.42 Å². The van der Waals surface area contributed by atoms with Gasteiger partial charge in [-0.3, -0.25) is 0 Å². The summed E-state index contributed by atoms with van der Waals surface area (Å²) in [6.45, 7) is 0. The van der Waals surface area contributed by atoms with Crippen molar-refractivity contribution in [2.75, 3.05) is 5.32 Å². The summed E-state index contributed by atoms with van der Waals surface area (Å²) < 4.78 is 23.2. The molecule has 29 heavy (non-hydrogen) atoms. The van der Waals surface area contributed by atoms with Gasteiger partial charge in [0.1, 0.15) is 0 Å². The molecule has 0 unspecified atom stereocenters. The number of benzene rings is 1. The van der Waals surface area contributed by atoms with E-state index in [0.717, 1.165) is 29.7 Å². The Balaban J connectivity index is 1.50. The molecule has 146 valence electrons. The zero-order valence-electron chi connectivity index (χ0n) is 15.1. The number of nitrogens with one attached hydrogen (secondary N) is 1. The second-order valence-electron chi connectivity index (χ2n) is 6.69. The van der Waals surface area contributed by atoms with Crippen LogP contribution < -0.4 is 10.5 Å². The third-order valence-corrected chi connectivity index (χ3v) is 7.90. The number of primary sulfonamides is 1. The van der Waals surface area contributed by atoms with Crippen molar-refractivity contribution in [1.29, 1.82) is 0 Å². The highest BCUT2D eigenvalue weighted by Crippen LogP contribution is 2.42. The van der Waals surface area contributed by atoms with Gasteiger partial charge in [-0.25, -0.2) is 23.5 Å². The van der Waals surface area contributed by atoms with Gasteiger partial charge >= 0.3 is 0 Å². The van der Waals surface area contributed by atoms with Crippen molar-refractivity contribution >= 4 is 44.3 Å². The molecule has 3 aromatic heterocycles. The third-order valence-electron chi connectivity index (χ3n) is 4.73. The number of aromatic nitrogens is 2. The predicted molar refractivity (Wildman–Crippen MR) is 117 cm³/mol. The van der Waals surface area contributed by atoms with E-state index >= 15 is 0 Å². The Kier molecular flexibility index (Phi) is 4.47. The van der Waals surface area contributed by atoms with Crippen LogP contribution in [-0.4, -0.2) is 18.4 Å². The number of anilines is 2. The molecular weight excluding hydrogens is 424 g/mol. The van der Waals surface area contributed by atoms with E-state index in [1.165, 1.54) is 26.8 Å². The summed E-state index contributed by atoms with van der Waals surface area (Å²) in [5.74, 6) is 0.423. The largest absolute Gasteiger partial charge is 0.324 e. The average Bonchev–Trinajstić information content (AvgIpc) is 3.37. The lowest BCUT2D eigenvalue weighted by molar-refractivity contribution is 0.598. The van der Waals surface area contributed by atoms with Gasteiger partial charge in [0.15, 0.2) is 0 Å². The molecule has 0 aliphatic heterocycles. The fraction of sp³-hybridized carbons (Fsp3) is 0.100. The number of thiophene rings is 2. The van der Waals surface area contributed by atoms with Gasteiger partial charge in [0, 0.05) is 32.1 Å². The number of nitrogens with zero attached hydrogens (tertiary/aromatic N) is 2. The molecule has 0 amide bonds. The minimum Gasteiger partial charge on any atom is -0.324 e. The van der Waals surface area contributed by atoms with Crippen LogP contribution in [0.2, 0.25) is 0 Å². The first-order chi connectivity index (χ1) is 14.0. The highest BCUT2D eigenvalue weighted by atomic mass is 32.2. The number of rotatable bonds is 4. The topological polar surface area (TPSA) is 98.0 Å². The van der Waals surface area contributed by atoms with Crippen LogP contribution in [-0.2, 0) is 22.9 Å². The smallest absolute Gasteiger partial charge is 0.238 e.